The highest BCUT2D eigenvalue weighted by molar-refractivity contribution is 5.77. The van der Waals surface area contributed by atoms with Crippen LogP contribution in [-0.2, 0) is 20.1 Å². The van der Waals surface area contributed by atoms with Crippen molar-refractivity contribution in [3.8, 4) is 0 Å². The standard InChI is InChI=1S/C24H32N6O2/c1-17-8-9-19(18(2)16-17)28-12-7-13-29-20-21(25-23(28)29)26(3)24(32)30(22(20)31)15-14-27-10-5-4-6-11-27/h8-9,16H,4-7,10-15H2,1-3H3. The first-order valence-electron chi connectivity index (χ1n) is 11.7. The number of rotatable bonds is 4. The van der Waals surface area contributed by atoms with Gasteiger partial charge in [-0.25, -0.2) is 4.79 Å². The van der Waals surface area contributed by atoms with Crippen molar-refractivity contribution in [1.29, 1.82) is 0 Å². The van der Waals surface area contributed by atoms with E-state index in [1.807, 2.05) is 4.57 Å². The third kappa shape index (κ3) is 3.46. The molecular weight excluding hydrogens is 404 g/mol. The lowest BCUT2D eigenvalue weighted by molar-refractivity contribution is 0.218. The average Bonchev–Trinajstić information content (AvgIpc) is 3.19. The maximum atomic E-state index is 13.5. The lowest BCUT2D eigenvalue weighted by Gasteiger charge is -2.30. The van der Waals surface area contributed by atoms with Crippen LogP contribution >= 0.6 is 0 Å². The Balaban J connectivity index is 1.59. The van der Waals surface area contributed by atoms with E-state index in [-0.39, 0.29) is 11.2 Å². The Bertz CT molecular complexity index is 1280. The van der Waals surface area contributed by atoms with Gasteiger partial charge in [-0.15, -0.1) is 0 Å². The van der Waals surface area contributed by atoms with Gasteiger partial charge >= 0.3 is 5.69 Å². The highest BCUT2D eigenvalue weighted by Gasteiger charge is 2.27. The number of nitrogens with zero attached hydrogens (tertiary/aromatic N) is 6. The lowest BCUT2D eigenvalue weighted by atomic mass is 10.1. The first-order valence-corrected chi connectivity index (χ1v) is 11.7. The third-order valence-corrected chi connectivity index (χ3v) is 6.95. The molecule has 0 amide bonds. The number of hydrogen-bond donors (Lipinski definition) is 0. The molecule has 32 heavy (non-hydrogen) atoms. The second-order valence-electron chi connectivity index (χ2n) is 9.23. The van der Waals surface area contributed by atoms with Gasteiger partial charge in [-0.3, -0.25) is 13.9 Å². The molecule has 170 valence electrons. The van der Waals surface area contributed by atoms with Crippen LogP contribution in [0.15, 0.2) is 27.8 Å². The molecule has 0 spiro atoms. The molecule has 0 unspecified atom stereocenters. The Labute approximate surface area is 187 Å². The fourth-order valence-electron chi connectivity index (χ4n) is 5.22. The summed E-state index contributed by atoms with van der Waals surface area (Å²) in [5, 5.41) is 0. The van der Waals surface area contributed by atoms with Crippen molar-refractivity contribution >= 4 is 22.8 Å². The Morgan fingerprint density at radius 2 is 1.72 bits per heavy atom. The maximum Gasteiger partial charge on any atom is 0.332 e. The second-order valence-corrected chi connectivity index (χ2v) is 9.23. The molecule has 0 atom stereocenters. The van der Waals surface area contributed by atoms with Crippen molar-refractivity contribution in [3.05, 3.63) is 50.2 Å². The van der Waals surface area contributed by atoms with Gasteiger partial charge in [0.15, 0.2) is 11.2 Å². The van der Waals surface area contributed by atoms with Crippen LogP contribution in [0.3, 0.4) is 0 Å². The van der Waals surface area contributed by atoms with Crippen LogP contribution in [0.5, 0.6) is 0 Å². The zero-order valence-electron chi connectivity index (χ0n) is 19.3. The zero-order chi connectivity index (χ0) is 22.4. The normalized spacial score (nSPS) is 17.2. The predicted molar refractivity (Wildman–Crippen MR) is 127 cm³/mol. The molecule has 8 heteroatoms. The zero-order valence-corrected chi connectivity index (χ0v) is 19.3. The summed E-state index contributed by atoms with van der Waals surface area (Å²) in [4.78, 5) is 35.9. The molecule has 0 bridgehead atoms. The summed E-state index contributed by atoms with van der Waals surface area (Å²) in [5.74, 6) is 0.749. The Kier molecular flexibility index (Phi) is 5.41. The minimum Gasteiger partial charge on any atom is -0.312 e. The van der Waals surface area contributed by atoms with E-state index in [0.717, 1.165) is 50.8 Å². The van der Waals surface area contributed by atoms with E-state index in [1.54, 1.807) is 11.6 Å². The first kappa shape index (κ1) is 21.0. The molecule has 4 heterocycles. The molecule has 1 aromatic carbocycles. The highest BCUT2D eigenvalue weighted by atomic mass is 16.2. The van der Waals surface area contributed by atoms with Crippen molar-refractivity contribution in [2.24, 2.45) is 7.05 Å². The van der Waals surface area contributed by atoms with Gasteiger partial charge in [0, 0.05) is 38.9 Å². The van der Waals surface area contributed by atoms with Gasteiger partial charge in [0.1, 0.15) is 0 Å². The van der Waals surface area contributed by atoms with E-state index >= 15 is 0 Å². The molecule has 1 fully saturated rings. The average molecular weight is 437 g/mol. The molecule has 0 saturated carbocycles. The van der Waals surface area contributed by atoms with Crippen molar-refractivity contribution in [2.75, 3.05) is 31.1 Å². The van der Waals surface area contributed by atoms with Gasteiger partial charge in [0.05, 0.1) is 0 Å². The topological polar surface area (TPSA) is 68.3 Å². The molecule has 0 radical (unpaired) electrons. The molecule has 2 aliphatic rings. The van der Waals surface area contributed by atoms with E-state index in [4.69, 9.17) is 4.98 Å². The van der Waals surface area contributed by atoms with Gasteiger partial charge in [0.2, 0.25) is 5.95 Å². The number of likely N-dealkylation sites (tertiary alicyclic amines) is 1. The van der Waals surface area contributed by atoms with Gasteiger partial charge in [-0.05, 0) is 57.8 Å². The SMILES string of the molecule is Cc1ccc(N2CCCn3c2nc2c3c(=O)n(CCN3CCCCC3)c(=O)n2C)c(C)c1. The van der Waals surface area contributed by atoms with Crippen LogP contribution in [0.25, 0.3) is 11.2 Å². The third-order valence-electron chi connectivity index (χ3n) is 6.95. The van der Waals surface area contributed by atoms with Crippen LogP contribution in [-0.4, -0.2) is 49.8 Å². The number of imidazole rings is 1. The Morgan fingerprint density at radius 1 is 0.938 bits per heavy atom. The van der Waals surface area contributed by atoms with E-state index in [0.29, 0.717) is 17.7 Å². The molecule has 8 nitrogen and oxygen atoms in total. The van der Waals surface area contributed by atoms with E-state index in [9.17, 15) is 9.59 Å². The number of hydrogen-bond acceptors (Lipinski definition) is 5. The lowest BCUT2D eigenvalue weighted by Crippen LogP contribution is -2.43. The van der Waals surface area contributed by atoms with Crippen LogP contribution in [0.1, 0.15) is 36.8 Å². The number of benzene rings is 1. The maximum absolute atomic E-state index is 13.5. The number of piperidine rings is 1. The number of fused-ring (bicyclic) bond motifs is 3. The largest absolute Gasteiger partial charge is 0.332 e. The fourth-order valence-corrected chi connectivity index (χ4v) is 5.22. The van der Waals surface area contributed by atoms with Crippen molar-refractivity contribution < 1.29 is 0 Å². The molecular formula is C24H32N6O2. The van der Waals surface area contributed by atoms with Crippen molar-refractivity contribution in [2.45, 2.75) is 52.6 Å². The number of aromatic nitrogens is 4. The van der Waals surface area contributed by atoms with Gasteiger partial charge in [-0.1, -0.05) is 24.1 Å². The summed E-state index contributed by atoms with van der Waals surface area (Å²) in [5.41, 5.74) is 4.00. The number of anilines is 2. The molecule has 0 aliphatic carbocycles. The van der Waals surface area contributed by atoms with Gasteiger partial charge < -0.3 is 14.4 Å². The molecule has 0 N–H and O–H groups in total. The quantitative estimate of drug-likeness (QED) is 0.629. The second kappa shape index (κ2) is 8.24. The first-order chi connectivity index (χ1) is 15.5. The summed E-state index contributed by atoms with van der Waals surface area (Å²) >= 11 is 0. The van der Waals surface area contributed by atoms with E-state index in [1.165, 1.54) is 35.0 Å². The van der Waals surface area contributed by atoms with Gasteiger partial charge in [0.25, 0.3) is 5.56 Å². The van der Waals surface area contributed by atoms with Crippen LogP contribution in [0.4, 0.5) is 11.6 Å². The summed E-state index contributed by atoms with van der Waals surface area (Å²) in [6, 6.07) is 6.39. The minimum atomic E-state index is -0.284. The summed E-state index contributed by atoms with van der Waals surface area (Å²) < 4.78 is 4.96. The number of aryl methyl sites for hydroxylation is 4. The minimum absolute atomic E-state index is 0.221. The smallest absolute Gasteiger partial charge is 0.312 e. The van der Waals surface area contributed by atoms with Crippen LogP contribution in [0.2, 0.25) is 0 Å². The molecule has 3 aromatic rings. The monoisotopic (exact) mass is 436 g/mol. The highest BCUT2D eigenvalue weighted by Crippen LogP contribution is 2.33. The molecule has 5 rings (SSSR count). The van der Waals surface area contributed by atoms with Gasteiger partial charge in [-0.2, -0.15) is 4.98 Å². The fraction of sp³-hybridized carbons (Fsp3) is 0.542. The van der Waals surface area contributed by atoms with Crippen molar-refractivity contribution in [1.82, 2.24) is 23.6 Å². The predicted octanol–water partition coefficient (Wildman–Crippen LogP) is 2.54. The summed E-state index contributed by atoms with van der Waals surface area (Å²) in [7, 11) is 1.72. The molecule has 2 aliphatic heterocycles. The van der Waals surface area contributed by atoms with Crippen LogP contribution in [0, 0.1) is 13.8 Å². The molecule has 2 aromatic heterocycles. The van der Waals surface area contributed by atoms with E-state index in [2.05, 4.69) is 41.8 Å². The van der Waals surface area contributed by atoms with E-state index < -0.39 is 0 Å². The van der Waals surface area contributed by atoms with Crippen molar-refractivity contribution in [3.63, 3.8) is 0 Å². The summed E-state index contributed by atoms with van der Waals surface area (Å²) in [6.07, 6.45) is 4.57. The summed E-state index contributed by atoms with van der Waals surface area (Å²) in [6.45, 7) is 9.00. The Morgan fingerprint density at radius 3 is 2.47 bits per heavy atom. The Hall–Kier alpha value is -2.87. The molecule has 1 saturated heterocycles. The van der Waals surface area contributed by atoms with Crippen LogP contribution < -0.4 is 16.1 Å².